The lowest BCUT2D eigenvalue weighted by atomic mass is 9.92. The van der Waals surface area contributed by atoms with E-state index in [1.807, 2.05) is 19.9 Å². The monoisotopic (exact) mass is 276 g/mol. The molecule has 0 aromatic heterocycles. The van der Waals surface area contributed by atoms with Crippen molar-refractivity contribution in [2.24, 2.45) is 11.1 Å². The van der Waals surface area contributed by atoms with Crippen molar-refractivity contribution >= 4 is 11.6 Å². The first kappa shape index (κ1) is 14.4. The third-order valence-electron chi connectivity index (χ3n) is 3.84. The molecule has 1 aromatic carbocycles. The van der Waals surface area contributed by atoms with Crippen LogP contribution in [0.1, 0.15) is 35.7 Å². The number of hydrogen-bond donors (Lipinski definition) is 2. The minimum atomic E-state index is -0.169. The molecule has 1 atom stereocenters. The van der Waals surface area contributed by atoms with Gasteiger partial charge in [-0.3, -0.25) is 4.79 Å². The summed E-state index contributed by atoms with van der Waals surface area (Å²) in [6, 6.07) is 5.06. The van der Waals surface area contributed by atoms with Gasteiger partial charge < -0.3 is 15.2 Å². The summed E-state index contributed by atoms with van der Waals surface area (Å²) in [6.07, 6.45) is 1.40. The van der Waals surface area contributed by atoms with Gasteiger partial charge in [-0.2, -0.15) is 0 Å². The van der Waals surface area contributed by atoms with E-state index in [4.69, 9.17) is 5.21 Å². The molecular weight excluding hydrogens is 256 g/mol. The van der Waals surface area contributed by atoms with Crippen molar-refractivity contribution < 1.29 is 15.1 Å². The van der Waals surface area contributed by atoms with Gasteiger partial charge in [0.05, 0.1) is 11.3 Å². The van der Waals surface area contributed by atoms with Crippen LogP contribution < -0.4 is 0 Å². The van der Waals surface area contributed by atoms with Crippen molar-refractivity contribution in [1.29, 1.82) is 0 Å². The fraction of sp³-hybridized carbons (Fsp3) is 0.467. The van der Waals surface area contributed by atoms with Crippen molar-refractivity contribution in [2.45, 2.75) is 26.7 Å². The molecule has 1 unspecified atom stereocenters. The van der Waals surface area contributed by atoms with Crippen LogP contribution in [-0.2, 0) is 0 Å². The quantitative estimate of drug-likeness (QED) is 0.643. The average Bonchev–Trinajstić information content (AvgIpc) is 2.45. The lowest BCUT2D eigenvalue weighted by Gasteiger charge is -2.33. The zero-order valence-corrected chi connectivity index (χ0v) is 11.8. The van der Waals surface area contributed by atoms with E-state index in [1.165, 1.54) is 0 Å². The minimum Gasteiger partial charge on any atom is -0.507 e. The Hall–Kier alpha value is -2.04. The number of nitrogens with zero attached hydrogens (tertiary/aromatic N) is 2. The molecule has 1 aliphatic heterocycles. The SMILES string of the molecule is CCC1CN(C(=O)c2ccc(C)cc2O)CC/C1=N\O. The summed E-state index contributed by atoms with van der Waals surface area (Å²) in [6.45, 7) is 4.92. The highest BCUT2D eigenvalue weighted by atomic mass is 16.4. The molecule has 0 bridgehead atoms. The molecule has 1 heterocycles. The Labute approximate surface area is 118 Å². The summed E-state index contributed by atoms with van der Waals surface area (Å²) in [4.78, 5) is 14.2. The smallest absolute Gasteiger partial charge is 0.257 e. The third kappa shape index (κ3) is 2.76. The molecule has 1 fully saturated rings. The maximum Gasteiger partial charge on any atom is 0.257 e. The van der Waals surface area contributed by atoms with Crippen LogP contribution in [0.25, 0.3) is 0 Å². The Morgan fingerprint density at radius 2 is 2.25 bits per heavy atom. The van der Waals surface area contributed by atoms with E-state index in [2.05, 4.69) is 5.16 Å². The van der Waals surface area contributed by atoms with Gasteiger partial charge in [-0.05, 0) is 31.0 Å². The number of oxime groups is 1. The van der Waals surface area contributed by atoms with Crippen LogP contribution in [0.15, 0.2) is 23.4 Å². The minimum absolute atomic E-state index is 0.0182. The molecule has 2 rings (SSSR count). The van der Waals surface area contributed by atoms with Crippen LogP contribution in [0, 0.1) is 12.8 Å². The summed E-state index contributed by atoms with van der Waals surface area (Å²) in [5.74, 6) is -0.0621. The van der Waals surface area contributed by atoms with E-state index in [9.17, 15) is 9.90 Å². The van der Waals surface area contributed by atoms with E-state index in [0.29, 0.717) is 25.1 Å². The standard InChI is InChI=1S/C15H20N2O3/c1-3-11-9-17(7-6-13(11)16-20)15(19)12-5-4-10(2)8-14(12)18/h4-5,8,11,18,20H,3,6-7,9H2,1-2H3/b16-13+. The number of likely N-dealkylation sites (tertiary alicyclic amines) is 1. The Kier molecular flexibility index (Phi) is 4.27. The number of amides is 1. The zero-order chi connectivity index (χ0) is 14.7. The van der Waals surface area contributed by atoms with Crippen LogP contribution in [0.4, 0.5) is 0 Å². The van der Waals surface area contributed by atoms with Gasteiger partial charge in [-0.1, -0.05) is 18.1 Å². The van der Waals surface area contributed by atoms with Gasteiger partial charge in [0, 0.05) is 25.4 Å². The van der Waals surface area contributed by atoms with Gasteiger partial charge in [-0.25, -0.2) is 0 Å². The van der Waals surface area contributed by atoms with Gasteiger partial charge >= 0.3 is 0 Å². The number of carbonyl (C=O) groups excluding carboxylic acids is 1. The molecule has 1 saturated heterocycles. The summed E-state index contributed by atoms with van der Waals surface area (Å²) in [7, 11) is 0. The van der Waals surface area contributed by atoms with E-state index >= 15 is 0 Å². The van der Waals surface area contributed by atoms with E-state index in [-0.39, 0.29) is 17.6 Å². The number of aromatic hydroxyl groups is 1. The summed E-state index contributed by atoms with van der Waals surface area (Å²) >= 11 is 0. The molecular formula is C15H20N2O3. The fourth-order valence-corrected chi connectivity index (χ4v) is 2.59. The third-order valence-corrected chi connectivity index (χ3v) is 3.84. The zero-order valence-electron chi connectivity index (χ0n) is 11.8. The predicted octanol–water partition coefficient (Wildman–Crippen LogP) is 2.40. The number of benzene rings is 1. The highest BCUT2D eigenvalue weighted by molar-refractivity contribution is 5.98. The van der Waals surface area contributed by atoms with Crippen LogP contribution in [0.3, 0.4) is 0 Å². The van der Waals surface area contributed by atoms with Crippen molar-refractivity contribution in [2.75, 3.05) is 13.1 Å². The Morgan fingerprint density at radius 3 is 2.85 bits per heavy atom. The molecule has 0 radical (unpaired) electrons. The Balaban J connectivity index is 2.18. The maximum absolute atomic E-state index is 12.5. The number of rotatable bonds is 2. The number of piperidine rings is 1. The van der Waals surface area contributed by atoms with E-state index in [1.54, 1.807) is 17.0 Å². The van der Waals surface area contributed by atoms with Crippen LogP contribution >= 0.6 is 0 Å². The molecule has 20 heavy (non-hydrogen) atoms. The second-order valence-electron chi connectivity index (χ2n) is 5.22. The Morgan fingerprint density at radius 1 is 1.50 bits per heavy atom. The van der Waals surface area contributed by atoms with Crippen molar-refractivity contribution in [1.82, 2.24) is 4.90 Å². The largest absolute Gasteiger partial charge is 0.507 e. The van der Waals surface area contributed by atoms with Gasteiger partial charge in [0.15, 0.2) is 0 Å². The normalized spacial score (nSPS) is 21.2. The summed E-state index contributed by atoms with van der Waals surface area (Å²) < 4.78 is 0. The Bertz CT molecular complexity index is 540. The number of carbonyl (C=O) groups is 1. The first-order valence-electron chi connectivity index (χ1n) is 6.86. The highest BCUT2D eigenvalue weighted by Gasteiger charge is 2.29. The topological polar surface area (TPSA) is 73.1 Å². The number of hydrogen-bond acceptors (Lipinski definition) is 4. The predicted molar refractivity (Wildman–Crippen MR) is 76.4 cm³/mol. The van der Waals surface area contributed by atoms with Crippen molar-refractivity contribution in [3.63, 3.8) is 0 Å². The number of aryl methyl sites for hydroxylation is 1. The van der Waals surface area contributed by atoms with Crippen LogP contribution in [0.5, 0.6) is 5.75 Å². The molecule has 1 amide bonds. The molecule has 0 spiro atoms. The second-order valence-corrected chi connectivity index (χ2v) is 5.22. The maximum atomic E-state index is 12.5. The van der Waals surface area contributed by atoms with Crippen LogP contribution in [0.2, 0.25) is 0 Å². The fourth-order valence-electron chi connectivity index (χ4n) is 2.59. The molecule has 1 aliphatic rings. The number of phenolic OH excluding ortho intramolecular Hbond substituents is 1. The summed E-state index contributed by atoms with van der Waals surface area (Å²) in [5.41, 5.74) is 2.00. The molecule has 2 N–H and O–H groups in total. The molecule has 108 valence electrons. The van der Waals surface area contributed by atoms with Gasteiger partial charge in [0.2, 0.25) is 0 Å². The lowest BCUT2D eigenvalue weighted by molar-refractivity contribution is 0.0726. The molecule has 5 nitrogen and oxygen atoms in total. The van der Waals surface area contributed by atoms with Gasteiger partial charge in [0.25, 0.3) is 5.91 Å². The lowest BCUT2D eigenvalue weighted by Crippen LogP contribution is -2.44. The molecule has 0 saturated carbocycles. The summed E-state index contributed by atoms with van der Waals surface area (Å²) in [5, 5.41) is 22.2. The average molecular weight is 276 g/mol. The van der Waals surface area contributed by atoms with Crippen LogP contribution in [-0.4, -0.2) is 39.9 Å². The molecule has 1 aromatic rings. The highest BCUT2D eigenvalue weighted by Crippen LogP contribution is 2.24. The second kappa shape index (κ2) is 5.94. The molecule has 5 heteroatoms. The van der Waals surface area contributed by atoms with Crippen molar-refractivity contribution in [3.05, 3.63) is 29.3 Å². The molecule has 0 aliphatic carbocycles. The first-order chi connectivity index (χ1) is 9.56. The van der Waals surface area contributed by atoms with Crippen molar-refractivity contribution in [3.8, 4) is 5.75 Å². The van der Waals surface area contributed by atoms with Gasteiger partial charge in [-0.15, -0.1) is 0 Å². The van der Waals surface area contributed by atoms with E-state index in [0.717, 1.165) is 17.7 Å². The first-order valence-corrected chi connectivity index (χ1v) is 6.86. The number of phenols is 1. The van der Waals surface area contributed by atoms with E-state index < -0.39 is 0 Å². The van der Waals surface area contributed by atoms with Gasteiger partial charge in [0.1, 0.15) is 5.75 Å².